The average molecular weight is 320 g/mol. The minimum absolute atomic E-state index is 0.0556. The van der Waals surface area contributed by atoms with E-state index in [4.69, 9.17) is 22.1 Å². The lowest BCUT2D eigenvalue weighted by molar-refractivity contribution is 0.0953. The maximum absolute atomic E-state index is 12.0. The molecular formula is C16H18ClN3O2. The molecule has 0 aliphatic carbocycles. The lowest BCUT2D eigenvalue weighted by Gasteiger charge is -2.10. The second-order valence-electron chi connectivity index (χ2n) is 4.95. The standard InChI is InChI=1S/C16H18ClN3O2/c1-11(18)4-9-20-16(21)12-2-3-15(14(17)10-12)22-13-5-7-19-8-6-13/h2-3,5-8,10-11H,4,9,18H2,1H3,(H,20,21). The van der Waals surface area contributed by atoms with Crippen molar-refractivity contribution in [3.8, 4) is 11.5 Å². The monoisotopic (exact) mass is 319 g/mol. The van der Waals surface area contributed by atoms with Crippen LogP contribution in [-0.2, 0) is 0 Å². The Balaban J connectivity index is 2.01. The van der Waals surface area contributed by atoms with Crippen LogP contribution >= 0.6 is 11.6 Å². The zero-order chi connectivity index (χ0) is 15.9. The van der Waals surface area contributed by atoms with E-state index in [9.17, 15) is 4.79 Å². The molecule has 0 saturated carbocycles. The summed E-state index contributed by atoms with van der Waals surface area (Å²) in [7, 11) is 0. The van der Waals surface area contributed by atoms with Crippen LogP contribution in [0.3, 0.4) is 0 Å². The number of nitrogens with two attached hydrogens (primary N) is 1. The van der Waals surface area contributed by atoms with Crippen molar-refractivity contribution >= 4 is 17.5 Å². The molecule has 22 heavy (non-hydrogen) atoms. The summed E-state index contributed by atoms with van der Waals surface area (Å²) < 4.78 is 5.64. The maximum atomic E-state index is 12.0. The predicted molar refractivity (Wildman–Crippen MR) is 86.4 cm³/mol. The van der Waals surface area contributed by atoms with Crippen LogP contribution in [0.5, 0.6) is 11.5 Å². The van der Waals surface area contributed by atoms with Crippen LogP contribution in [0.1, 0.15) is 23.7 Å². The first-order valence-corrected chi connectivity index (χ1v) is 7.35. The molecule has 0 fully saturated rings. The maximum Gasteiger partial charge on any atom is 0.251 e. The second kappa shape index (κ2) is 7.77. The van der Waals surface area contributed by atoms with Crippen molar-refractivity contribution in [2.45, 2.75) is 19.4 Å². The SMILES string of the molecule is CC(N)CCNC(=O)c1ccc(Oc2ccncc2)c(Cl)c1. The van der Waals surface area contributed by atoms with E-state index in [0.29, 0.717) is 28.6 Å². The minimum Gasteiger partial charge on any atom is -0.456 e. The van der Waals surface area contributed by atoms with Crippen LogP contribution in [-0.4, -0.2) is 23.5 Å². The number of ether oxygens (including phenoxy) is 1. The van der Waals surface area contributed by atoms with Gasteiger partial charge in [0.1, 0.15) is 11.5 Å². The summed E-state index contributed by atoms with van der Waals surface area (Å²) in [6.07, 6.45) is 3.98. The van der Waals surface area contributed by atoms with E-state index in [1.165, 1.54) is 0 Å². The zero-order valence-corrected chi connectivity index (χ0v) is 13.0. The van der Waals surface area contributed by atoms with E-state index in [2.05, 4.69) is 10.3 Å². The summed E-state index contributed by atoms with van der Waals surface area (Å²) >= 11 is 6.17. The van der Waals surface area contributed by atoms with Gasteiger partial charge in [-0.05, 0) is 43.7 Å². The summed E-state index contributed by atoms with van der Waals surface area (Å²) in [5, 5.41) is 3.17. The average Bonchev–Trinajstić information content (AvgIpc) is 2.50. The molecule has 1 aromatic heterocycles. The number of hydrogen-bond acceptors (Lipinski definition) is 4. The molecule has 1 atom stereocenters. The Bertz CT molecular complexity index is 633. The van der Waals surface area contributed by atoms with E-state index in [0.717, 1.165) is 6.42 Å². The molecule has 0 radical (unpaired) electrons. The van der Waals surface area contributed by atoms with E-state index >= 15 is 0 Å². The number of amides is 1. The molecule has 1 unspecified atom stereocenters. The highest BCUT2D eigenvalue weighted by atomic mass is 35.5. The van der Waals surface area contributed by atoms with Crippen LogP contribution in [0.15, 0.2) is 42.7 Å². The lowest BCUT2D eigenvalue weighted by Crippen LogP contribution is -2.28. The molecule has 1 aromatic carbocycles. The molecule has 0 aliphatic rings. The van der Waals surface area contributed by atoms with Gasteiger partial charge in [-0.1, -0.05) is 11.6 Å². The molecule has 0 saturated heterocycles. The molecule has 6 heteroatoms. The van der Waals surface area contributed by atoms with E-state index in [-0.39, 0.29) is 11.9 Å². The van der Waals surface area contributed by atoms with Crippen molar-refractivity contribution in [1.82, 2.24) is 10.3 Å². The van der Waals surface area contributed by atoms with Gasteiger partial charge in [0.15, 0.2) is 0 Å². The molecule has 1 amide bonds. The van der Waals surface area contributed by atoms with Gasteiger partial charge in [-0.3, -0.25) is 9.78 Å². The second-order valence-corrected chi connectivity index (χ2v) is 5.36. The predicted octanol–water partition coefficient (Wildman–Crippen LogP) is 2.99. The van der Waals surface area contributed by atoms with Crippen LogP contribution in [0.25, 0.3) is 0 Å². The van der Waals surface area contributed by atoms with Crippen molar-refractivity contribution in [2.24, 2.45) is 5.73 Å². The fraction of sp³-hybridized carbons (Fsp3) is 0.250. The Morgan fingerprint density at radius 2 is 2.09 bits per heavy atom. The third-order valence-corrected chi connectivity index (χ3v) is 3.25. The van der Waals surface area contributed by atoms with E-state index in [1.807, 2.05) is 6.92 Å². The van der Waals surface area contributed by atoms with Crippen LogP contribution in [0.2, 0.25) is 5.02 Å². The van der Waals surface area contributed by atoms with Crippen LogP contribution in [0.4, 0.5) is 0 Å². The fourth-order valence-electron chi connectivity index (χ4n) is 1.77. The Labute approximate surface area is 134 Å². The first-order chi connectivity index (χ1) is 10.6. The number of pyridine rings is 1. The zero-order valence-electron chi connectivity index (χ0n) is 12.3. The summed E-state index contributed by atoms with van der Waals surface area (Å²) in [6.45, 7) is 2.43. The highest BCUT2D eigenvalue weighted by molar-refractivity contribution is 6.32. The highest BCUT2D eigenvalue weighted by Gasteiger charge is 2.10. The number of carbonyl (C=O) groups excluding carboxylic acids is 1. The number of rotatable bonds is 6. The van der Waals surface area contributed by atoms with Gasteiger partial charge in [0.2, 0.25) is 0 Å². The lowest BCUT2D eigenvalue weighted by atomic mass is 10.2. The quantitative estimate of drug-likeness (QED) is 0.858. The number of halogens is 1. The largest absolute Gasteiger partial charge is 0.456 e. The number of carbonyl (C=O) groups is 1. The van der Waals surface area contributed by atoms with Crippen molar-refractivity contribution in [1.29, 1.82) is 0 Å². The third kappa shape index (κ3) is 4.72. The Hall–Kier alpha value is -2.11. The fourth-order valence-corrected chi connectivity index (χ4v) is 1.99. The van der Waals surface area contributed by atoms with E-state index in [1.54, 1.807) is 42.7 Å². The normalized spacial score (nSPS) is 11.8. The number of aromatic nitrogens is 1. The smallest absolute Gasteiger partial charge is 0.251 e. The van der Waals surface area contributed by atoms with Gasteiger partial charge in [0.25, 0.3) is 5.91 Å². The van der Waals surface area contributed by atoms with Gasteiger partial charge < -0.3 is 15.8 Å². The molecular weight excluding hydrogens is 302 g/mol. The van der Waals surface area contributed by atoms with Crippen LogP contribution in [0, 0.1) is 0 Å². The Kier molecular flexibility index (Phi) is 5.75. The van der Waals surface area contributed by atoms with Gasteiger partial charge in [0.05, 0.1) is 5.02 Å². The summed E-state index contributed by atoms with van der Waals surface area (Å²) in [5.41, 5.74) is 6.12. The van der Waals surface area contributed by atoms with E-state index < -0.39 is 0 Å². The highest BCUT2D eigenvalue weighted by Crippen LogP contribution is 2.29. The Morgan fingerprint density at radius 3 is 2.73 bits per heavy atom. The summed E-state index contributed by atoms with van der Waals surface area (Å²) in [5.74, 6) is 0.934. The first kappa shape index (κ1) is 16.3. The van der Waals surface area contributed by atoms with Crippen molar-refractivity contribution < 1.29 is 9.53 Å². The number of benzene rings is 1. The van der Waals surface area contributed by atoms with Gasteiger partial charge in [-0.2, -0.15) is 0 Å². The molecule has 5 nitrogen and oxygen atoms in total. The summed E-state index contributed by atoms with van der Waals surface area (Å²) in [4.78, 5) is 15.9. The topological polar surface area (TPSA) is 77.2 Å². The summed E-state index contributed by atoms with van der Waals surface area (Å²) in [6, 6.07) is 8.43. The Morgan fingerprint density at radius 1 is 1.36 bits per heavy atom. The third-order valence-electron chi connectivity index (χ3n) is 2.96. The molecule has 1 heterocycles. The van der Waals surface area contributed by atoms with Crippen molar-refractivity contribution in [3.05, 3.63) is 53.3 Å². The van der Waals surface area contributed by atoms with Crippen molar-refractivity contribution in [2.75, 3.05) is 6.54 Å². The number of nitrogens with zero attached hydrogens (tertiary/aromatic N) is 1. The number of hydrogen-bond donors (Lipinski definition) is 2. The van der Waals surface area contributed by atoms with Gasteiger partial charge in [-0.25, -0.2) is 0 Å². The minimum atomic E-state index is -0.182. The molecule has 0 aliphatic heterocycles. The first-order valence-electron chi connectivity index (χ1n) is 6.97. The molecule has 2 aromatic rings. The van der Waals surface area contributed by atoms with Crippen LogP contribution < -0.4 is 15.8 Å². The molecule has 0 spiro atoms. The molecule has 116 valence electrons. The molecule has 3 N–H and O–H groups in total. The van der Waals surface area contributed by atoms with Gasteiger partial charge >= 0.3 is 0 Å². The van der Waals surface area contributed by atoms with Gasteiger partial charge in [0, 0.05) is 30.5 Å². The van der Waals surface area contributed by atoms with Crippen molar-refractivity contribution in [3.63, 3.8) is 0 Å². The number of nitrogens with one attached hydrogen (secondary N) is 1. The molecule has 2 rings (SSSR count). The molecule has 0 bridgehead atoms. The van der Waals surface area contributed by atoms with Gasteiger partial charge in [-0.15, -0.1) is 0 Å².